The smallest absolute Gasteiger partial charge is 0.410 e. The van der Waals surface area contributed by atoms with Crippen molar-refractivity contribution in [1.29, 1.82) is 0 Å². The Hall–Kier alpha value is -0.810. The lowest BCUT2D eigenvalue weighted by Crippen LogP contribution is -2.52. The summed E-state index contributed by atoms with van der Waals surface area (Å²) in [5.74, 6) is 0. The van der Waals surface area contributed by atoms with Gasteiger partial charge in [-0.1, -0.05) is 12.8 Å². The zero-order valence-electron chi connectivity index (χ0n) is 14.6. The number of hydrogen-bond acceptors (Lipinski definition) is 4. The van der Waals surface area contributed by atoms with Gasteiger partial charge in [0.15, 0.2) is 0 Å². The molecular weight excluding hydrogens is 280 g/mol. The van der Waals surface area contributed by atoms with Gasteiger partial charge < -0.3 is 14.7 Å². The van der Waals surface area contributed by atoms with Crippen molar-refractivity contribution in [3.63, 3.8) is 0 Å². The molecule has 1 aliphatic heterocycles. The minimum Gasteiger partial charge on any atom is -0.444 e. The lowest BCUT2D eigenvalue weighted by molar-refractivity contribution is -0.0132. The molecule has 0 bridgehead atoms. The summed E-state index contributed by atoms with van der Waals surface area (Å²) in [7, 11) is 2.07. The lowest BCUT2D eigenvalue weighted by Gasteiger charge is -2.40. The molecule has 0 spiro atoms. The predicted octanol–water partition coefficient (Wildman–Crippen LogP) is 2.62. The normalized spacial score (nSPS) is 25.5. The van der Waals surface area contributed by atoms with E-state index < -0.39 is 11.2 Å². The van der Waals surface area contributed by atoms with Gasteiger partial charge in [-0.2, -0.15) is 0 Å². The van der Waals surface area contributed by atoms with Gasteiger partial charge in [-0.05, 0) is 53.5 Å². The lowest BCUT2D eigenvalue weighted by atomic mass is 9.98. The number of likely N-dealkylation sites (tertiary alicyclic amines) is 1. The second kappa shape index (κ2) is 6.75. The van der Waals surface area contributed by atoms with Gasteiger partial charge >= 0.3 is 6.09 Å². The standard InChI is InChI=1S/C17H32N2O3/c1-16(2,3)22-15(20)19-11-7-8-14(12-19)18(4)13-17(21)9-5-6-10-17/h14,21H,5-13H2,1-4H3. The van der Waals surface area contributed by atoms with Crippen LogP contribution in [-0.4, -0.2) is 64.9 Å². The summed E-state index contributed by atoms with van der Waals surface area (Å²) in [6.07, 6.45) is 5.90. The van der Waals surface area contributed by atoms with Crippen molar-refractivity contribution in [2.24, 2.45) is 0 Å². The van der Waals surface area contributed by atoms with E-state index in [0.717, 1.165) is 45.1 Å². The third-order valence-corrected chi connectivity index (χ3v) is 4.75. The molecule has 22 heavy (non-hydrogen) atoms. The summed E-state index contributed by atoms with van der Waals surface area (Å²) in [4.78, 5) is 16.3. The molecule has 0 aromatic rings. The Kier molecular flexibility index (Phi) is 5.38. The molecule has 0 radical (unpaired) electrons. The Morgan fingerprint density at radius 3 is 2.55 bits per heavy atom. The number of aliphatic hydroxyl groups is 1. The van der Waals surface area contributed by atoms with E-state index >= 15 is 0 Å². The van der Waals surface area contributed by atoms with E-state index in [-0.39, 0.29) is 6.09 Å². The van der Waals surface area contributed by atoms with Crippen LogP contribution < -0.4 is 0 Å². The Balaban J connectivity index is 1.88. The first-order valence-corrected chi connectivity index (χ1v) is 8.59. The molecule has 0 aromatic carbocycles. The van der Waals surface area contributed by atoms with Gasteiger partial charge in [0, 0.05) is 25.7 Å². The fourth-order valence-corrected chi connectivity index (χ4v) is 3.59. The van der Waals surface area contributed by atoms with Gasteiger partial charge in [0.05, 0.1) is 5.60 Å². The summed E-state index contributed by atoms with van der Waals surface area (Å²) in [5, 5.41) is 10.6. The Bertz CT molecular complexity index is 386. The Labute approximate surface area is 134 Å². The van der Waals surface area contributed by atoms with Gasteiger partial charge in [0.25, 0.3) is 0 Å². The van der Waals surface area contributed by atoms with Crippen LogP contribution in [0, 0.1) is 0 Å². The van der Waals surface area contributed by atoms with Crippen LogP contribution in [-0.2, 0) is 4.74 Å². The van der Waals surface area contributed by atoms with E-state index in [4.69, 9.17) is 4.74 Å². The molecule has 5 heteroatoms. The number of hydrogen-bond donors (Lipinski definition) is 1. The first kappa shape index (κ1) is 17.5. The highest BCUT2D eigenvalue weighted by Gasteiger charge is 2.36. The van der Waals surface area contributed by atoms with Crippen LogP contribution in [0.4, 0.5) is 4.79 Å². The van der Waals surface area contributed by atoms with Crippen molar-refractivity contribution in [1.82, 2.24) is 9.80 Å². The summed E-state index contributed by atoms with van der Waals surface area (Å²) >= 11 is 0. The highest BCUT2D eigenvalue weighted by molar-refractivity contribution is 5.68. The number of nitrogens with zero attached hydrogens (tertiary/aromatic N) is 2. The van der Waals surface area contributed by atoms with Crippen molar-refractivity contribution in [2.45, 2.75) is 76.5 Å². The van der Waals surface area contributed by atoms with Crippen LogP contribution in [0.2, 0.25) is 0 Å². The number of carbonyl (C=O) groups is 1. The minimum atomic E-state index is -0.525. The zero-order chi connectivity index (χ0) is 16.4. The van der Waals surface area contributed by atoms with Crippen molar-refractivity contribution < 1.29 is 14.6 Å². The largest absolute Gasteiger partial charge is 0.444 e. The number of ether oxygens (including phenoxy) is 1. The van der Waals surface area contributed by atoms with Crippen LogP contribution in [0.1, 0.15) is 59.3 Å². The van der Waals surface area contributed by atoms with Crippen LogP contribution in [0.3, 0.4) is 0 Å². The number of rotatable bonds is 3. The van der Waals surface area contributed by atoms with Crippen LogP contribution in [0.15, 0.2) is 0 Å². The molecular formula is C17H32N2O3. The highest BCUT2D eigenvalue weighted by atomic mass is 16.6. The number of piperidine rings is 1. The van der Waals surface area contributed by atoms with Crippen LogP contribution >= 0.6 is 0 Å². The SMILES string of the molecule is CN(CC1(O)CCCC1)C1CCCN(C(=O)OC(C)(C)C)C1. The maximum atomic E-state index is 12.2. The van der Waals surface area contributed by atoms with Gasteiger partial charge in [-0.25, -0.2) is 4.79 Å². The summed E-state index contributed by atoms with van der Waals surface area (Å²) in [5.41, 5.74) is -0.974. The average Bonchev–Trinajstić information content (AvgIpc) is 2.83. The molecule has 2 rings (SSSR count). The van der Waals surface area contributed by atoms with E-state index in [1.54, 1.807) is 0 Å². The number of likely N-dealkylation sites (N-methyl/N-ethyl adjacent to an activating group) is 1. The minimum absolute atomic E-state index is 0.217. The number of amides is 1. The van der Waals surface area contributed by atoms with E-state index in [1.807, 2.05) is 25.7 Å². The molecule has 1 atom stereocenters. The molecule has 1 saturated heterocycles. The third-order valence-electron chi connectivity index (χ3n) is 4.75. The first-order valence-electron chi connectivity index (χ1n) is 8.59. The maximum absolute atomic E-state index is 12.2. The Morgan fingerprint density at radius 1 is 1.32 bits per heavy atom. The fourth-order valence-electron chi connectivity index (χ4n) is 3.59. The molecule has 128 valence electrons. The van der Waals surface area contributed by atoms with Gasteiger partial charge in [0.1, 0.15) is 5.60 Å². The molecule has 1 heterocycles. The van der Waals surface area contributed by atoms with Gasteiger partial charge in [-0.3, -0.25) is 4.90 Å². The Morgan fingerprint density at radius 2 is 1.95 bits per heavy atom. The molecule has 2 fully saturated rings. The summed E-state index contributed by atoms with van der Waals surface area (Å²) < 4.78 is 5.48. The molecule has 1 unspecified atom stereocenters. The predicted molar refractivity (Wildman–Crippen MR) is 86.9 cm³/mol. The molecule has 2 aliphatic rings. The second-order valence-corrected chi connectivity index (χ2v) is 8.07. The highest BCUT2D eigenvalue weighted by Crippen LogP contribution is 2.31. The van der Waals surface area contributed by atoms with E-state index in [2.05, 4.69) is 11.9 Å². The van der Waals surface area contributed by atoms with Crippen molar-refractivity contribution >= 4 is 6.09 Å². The van der Waals surface area contributed by atoms with Crippen molar-refractivity contribution in [2.75, 3.05) is 26.7 Å². The van der Waals surface area contributed by atoms with Gasteiger partial charge in [0.2, 0.25) is 0 Å². The monoisotopic (exact) mass is 312 g/mol. The zero-order valence-corrected chi connectivity index (χ0v) is 14.6. The number of carbonyl (C=O) groups excluding carboxylic acids is 1. The maximum Gasteiger partial charge on any atom is 0.410 e. The van der Waals surface area contributed by atoms with Crippen molar-refractivity contribution in [3.8, 4) is 0 Å². The molecule has 5 nitrogen and oxygen atoms in total. The van der Waals surface area contributed by atoms with E-state index in [9.17, 15) is 9.90 Å². The van der Waals surface area contributed by atoms with Gasteiger partial charge in [-0.15, -0.1) is 0 Å². The molecule has 1 amide bonds. The van der Waals surface area contributed by atoms with E-state index in [1.165, 1.54) is 0 Å². The topological polar surface area (TPSA) is 53.0 Å². The third kappa shape index (κ3) is 4.85. The van der Waals surface area contributed by atoms with E-state index in [0.29, 0.717) is 19.1 Å². The second-order valence-electron chi connectivity index (χ2n) is 8.07. The summed E-state index contributed by atoms with van der Waals surface area (Å²) in [6, 6.07) is 0.311. The average molecular weight is 312 g/mol. The molecule has 0 aromatic heterocycles. The molecule has 1 saturated carbocycles. The molecule has 1 aliphatic carbocycles. The van der Waals surface area contributed by atoms with Crippen LogP contribution in [0.5, 0.6) is 0 Å². The quantitative estimate of drug-likeness (QED) is 0.870. The van der Waals surface area contributed by atoms with Crippen molar-refractivity contribution in [3.05, 3.63) is 0 Å². The van der Waals surface area contributed by atoms with Crippen LogP contribution in [0.25, 0.3) is 0 Å². The summed E-state index contributed by atoms with van der Waals surface area (Å²) in [6.45, 7) is 7.86. The first-order chi connectivity index (χ1) is 10.2. The fraction of sp³-hybridized carbons (Fsp3) is 0.941. The molecule has 1 N–H and O–H groups in total.